The van der Waals surface area contributed by atoms with Gasteiger partial charge in [0.05, 0.1) is 0 Å². The van der Waals surface area contributed by atoms with Gasteiger partial charge in [-0.15, -0.1) is 11.6 Å². The van der Waals surface area contributed by atoms with Crippen molar-refractivity contribution in [2.75, 3.05) is 0 Å². The summed E-state index contributed by atoms with van der Waals surface area (Å²) in [6.45, 7) is 0. The first-order valence-corrected chi connectivity index (χ1v) is 4.96. The Labute approximate surface area is 87.1 Å². The monoisotopic (exact) mass is 210 g/mol. The highest BCUT2D eigenvalue weighted by Crippen LogP contribution is 2.27. The van der Waals surface area contributed by atoms with Crippen LogP contribution in [0.2, 0.25) is 5.02 Å². The Morgan fingerprint density at radius 3 is 2.38 bits per heavy atom. The second-order valence-electron chi connectivity index (χ2n) is 2.89. The van der Waals surface area contributed by atoms with Crippen molar-refractivity contribution in [1.82, 2.24) is 0 Å². The molecule has 2 heteroatoms. The second kappa shape index (κ2) is 3.57. The molecule has 0 radical (unpaired) electrons. The summed E-state index contributed by atoms with van der Waals surface area (Å²) in [5.41, 5.74) is 1.09. The number of rotatable bonds is 1. The Morgan fingerprint density at radius 2 is 1.69 bits per heavy atom. The highest BCUT2D eigenvalue weighted by atomic mass is 35.5. The first kappa shape index (κ1) is 8.86. The summed E-state index contributed by atoms with van der Waals surface area (Å²) in [6, 6.07) is 11.9. The Hall–Kier alpha value is -0.720. The summed E-state index contributed by atoms with van der Waals surface area (Å²) < 4.78 is 0. The van der Waals surface area contributed by atoms with Gasteiger partial charge in [0.25, 0.3) is 0 Å². The van der Waals surface area contributed by atoms with Crippen LogP contribution in [0.4, 0.5) is 0 Å². The Balaban J connectivity index is 2.87. The van der Waals surface area contributed by atoms with Crippen LogP contribution in [0.25, 0.3) is 10.8 Å². The van der Waals surface area contributed by atoms with Crippen molar-refractivity contribution >= 4 is 34.0 Å². The standard InChI is InChI=1S/C11H8Cl2/c12-7-9-5-1-3-8-4-2-6-10(13)11(8)9/h1-6H,7H2. The molecule has 0 aliphatic heterocycles. The Kier molecular flexibility index (Phi) is 2.43. The highest BCUT2D eigenvalue weighted by molar-refractivity contribution is 6.36. The van der Waals surface area contributed by atoms with E-state index in [0.29, 0.717) is 5.88 Å². The fourth-order valence-corrected chi connectivity index (χ4v) is 2.01. The average Bonchev–Trinajstić information content (AvgIpc) is 2.17. The van der Waals surface area contributed by atoms with E-state index in [4.69, 9.17) is 23.2 Å². The molecule has 13 heavy (non-hydrogen) atoms. The molecule has 0 fully saturated rings. The van der Waals surface area contributed by atoms with Gasteiger partial charge in [0, 0.05) is 16.3 Å². The number of hydrogen-bond acceptors (Lipinski definition) is 0. The predicted octanol–water partition coefficient (Wildman–Crippen LogP) is 4.23. The molecule has 0 spiro atoms. The van der Waals surface area contributed by atoms with Crippen molar-refractivity contribution in [3.05, 3.63) is 47.0 Å². The first-order chi connectivity index (χ1) is 6.33. The normalized spacial score (nSPS) is 10.6. The molecule has 2 aromatic rings. The summed E-state index contributed by atoms with van der Waals surface area (Å²) in [5.74, 6) is 0.501. The van der Waals surface area contributed by atoms with Crippen LogP contribution in [0.1, 0.15) is 5.56 Å². The van der Waals surface area contributed by atoms with E-state index in [9.17, 15) is 0 Å². The van der Waals surface area contributed by atoms with E-state index in [1.807, 2.05) is 36.4 Å². The van der Waals surface area contributed by atoms with Gasteiger partial charge in [0.1, 0.15) is 0 Å². The van der Waals surface area contributed by atoms with Crippen LogP contribution in [0.5, 0.6) is 0 Å². The summed E-state index contributed by atoms with van der Waals surface area (Å²) in [4.78, 5) is 0. The third-order valence-electron chi connectivity index (χ3n) is 2.08. The van der Waals surface area contributed by atoms with Gasteiger partial charge in [0.2, 0.25) is 0 Å². The zero-order chi connectivity index (χ0) is 9.26. The van der Waals surface area contributed by atoms with Crippen LogP contribution in [0.3, 0.4) is 0 Å². The van der Waals surface area contributed by atoms with Gasteiger partial charge in [0.15, 0.2) is 0 Å². The van der Waals surface area contributed by atoms with Crippen LogP contribution in [-0.4, -0.2) is 0 Å². The smallest absolute Gasteiger partial charge is 0.0487 e. The maximum Gasteiger partial charge on any atom is 0.0487 e. The van der Waals surface area contributed by atoms with E-state index in [0.717, 1.165) is 21.4 Å². The molecule has 0 aliphatic carbocycles. The molecule has 0 unspecified atom stereocenters. The third kappa shape index (κ3) is 1.52. The number of alkyl halides is 1. The molecule has 2 aromatic carbocycles. The van der Waals surface area contributed by atoms with Gasteiger partial charge in [-0.05, 0) is 17.0 Å². The highest BCUT2D eigenvalue weighted by Gasteiger charge is 2.02. The van der Waals surface area contributed by atoms with E-state index >= 15 is 0 Å². The molecular weight excluding hydrogens is 203 g/mol. The summed E-state index contributed by atoms with van der Waals surface area (Å²) >= 11 is 11.9. The van der Waals surface area contributed by atoms with Gasteiger partial charge >= 0.3 is 0 Å². The molecule has 0 heterocycles. The van der Waals surface area contributed by atoms with Gasteiger partial charge < -0.3 is 0 Å². The minimum absolute atomic E-state index is 0.501. The summed E-state index contributed by atoms with van der Waals surface area (Å²) in [5, 5.41) is 2.99. The van der Waals surface area contributed by atoms with Crippen molar-refractivity contribution in [3.8, 4) is 0 Å². The Bertz CT molecular complexity index is 430. The van der Waals surface area contributed by atoms with Gasteiger partial charge in [-0.3, -0.25) is 0 Å². The molecule has 0 saturated carbocycles. The molecule has 0 atom stereocenters. The molecule has 0 saturated heterocycles. The molecule has 0 nitrogen and oxygen atoms in total. The van der Waals surface area contributed by atoms with Crippen molar-refractivity contribution < 1.29 is 0 Å². The number of hydrogen-bond donors (Lipinski definition) is 0. The fraction of sp³-hybridized carbons (Fsp3) is 0.0909. The molecule has 2 rings (SSSR count). The Morgan fingerprint density at radius 1 is 1.00 bits per heavy atom. The minimum atomic E-state index is 0.501. The molecule has 0 aromatic heterocycles. The van der Waals surface area contributed by atoms with E-state index in [-0.39, 0.29) is 0 Å². The first-order valence-electron chi connectivity index (χ1n) is 4.05. The van der Waals surface area contributed by atoms with Crippen LogP contribution >= 0.6 is 23.2 Å². The minimum Gasteiger partial charge on any atom is -0.122 e. The molecule has 66 valence electrons. The van der Waals surface area contributed by atoms with E-state index < -0.39 is 0 Å². The van der Waals surface area contributed by atoms with Gasteiger partial charge in [-0.1, -0.05) is 41.9 Å². The van der Waals surface area contributed by atoms with Crippen molar-refractivity contribution in [2.24, 2.45) is 0 Å². The zero-order valence-corrected chi connectivity index (χ0v) is 8.44. The molecule has 0 amide bonds. The average molecular weight is 211 g/mol. The van der Waals surface area contributed by atoms with Crippen LogP contribution in [0.15, 0.2) is 36.4 Å². The molecule has 0 aliphatic rings. The van der Waals surface area contributed by atoms with Gasteiger partial charge in [-0.2, -0.15) is 0 Å². The summed E-state index contributed by atoms with van der Waals surface area (Å²) in [7, 11) is 0. The molecular formula is C11H8Cl2. The van der Waals surface area contributed by atoms with E-state index in [2.05, 4.69) is 0 Å². The zero-order valence-electron chi connectivity index (χ0n) is 6.93. The maximum atomic E-state index is 6.08. The van der Waals surface area contributed by atoms with E-state index in [1.165, 1.54) is 0 Å². The molecule has 0 N–H and O–H groups in total. The number of benzene rings is 2. The quantitative estimate of drug-likeness (QED) is 0.619. The lowest BCUT2D eigenvalue weighted by Crippen LogP contribution is -1.82. The number of fused-ring (bicyclic) bond motifs is 1. The third-order valence-corrected chi connectivity index (χ3v) is 2.69. The fourth-order valence-electron chi connectivity index (χ4n) is 1.48. The topological polar surface area (TPSA) is 0 Å². The SMILES string of the molecule is ClCc1cccc2cccc(Cl)c12. The van der Waals surface area contributed by atoms with Crippen molar-refractivity contribution in [3.63, 3.8) is 0 Å². The van der Waals surface area contributed by atoms with Crippen molar-refractivity contribution in [2.45, 2.75) is 5.88 Å². The molecule has 0 bridgehead atoms. The lowest BCUT2D eigenvalue weighted by atomic mass is 10.1. The lowest BCUT2D eigenvalue weighted by Gasteiger charge is -2.04. The van der Waals surface area contributed by atoms with E-state index in [1.54, 1.807) is 0 Å². The predicted molar refractivity (Wildman–Crippen MR) is 58.5 cm³/mol. The van der Waals surface area contributed by atoms with Gasteiger partial charge in [-0.25, -0.2) is 0 Å². The van der Waals surface area contributed by atoms with Crippen LogP contribution < -0.4 is 0 Å². The van der Waals surface area contributed by atoms with Crippen LogP contribution in [-0.2, 0) is 5.88 Å². The second-order valence-corrected chi connectivity index (χ2v) is 3.56. The maximum absolute atomic E-state index is 6.08. The van der Waals surface area contributed by atoms with Crippen molar-refractivity contribution in [1.29, 1.82) is 0 Å². The largest absolute Gasteiger partial charge is 0.122 e. The number of halogens is 2. The van der Waals surface area contributed by atoms with Crippen LogP contribution in [0, 0.1) is 0 Å². The summed E-state index contributed by atoms with van der Waals surface area (Å²) in [6.07, 6.45) is 0. The lowest BCUT2D eigenvalue weighted by molar-refractivity contribution is 1.45.